The van der Waals surface area contributed by atoms with Crippen LogP contribution in [0, 0.1) is 6.92 Å². The van der Waals surface area contributed by atoms with Crippen molar-refractivity contribution in [2.24, 2.45) is 0 Å². The van der Waals surface area contributed by atoms with Crippen LogP contribution in [0.2, 0.25) is 5.02 Å². The molecule has 2 N–H and O–H groups in total. The maximum atomic E-state index is 12.6. The highest BCUT2D eigenvalue weighted by molar-refractivity contribution is 6.30. The van der Waals surface area contributed by atoms with Crippen LogP contribution >= 0.6 is 11.6 Å². The Morgan fingerprint density at radius 2 is 2.04 bits per heavy atom. The van der Waals surface area contributed by atoms with Crippen LogP contribution in [-0.2, 0) is 4.79 Å². The Bertz CT molecular complexity index is 768. The summed E-state index contributed by atoms with van der Waals surface area (Å²) in [5.41, 5.74) is 8.45. The Balaban J connectivity index is 1.49. The monoisotopic (exact) mass is 373 g/mol. The summed E-state index contributed by atoms with van der Waals surface area (Å²) >= 11 is 6.05. The fourth-order valence-corrected chi connectivity index (χ4v) is 3.25. The molecule has 0 saturated carbocycles. The van der Waals surface area contributed by atoms with Gasteiger partial charge >= 0.3 is 0 Å². The van der Waals surface area contributed by atoms with Gasteiger partial charge < -0.3 is 9.64 Å². The van der Waals surface area contributed by atoms with Crippen LogP contribution in [0.5, 0.6) is 5.75 Å². The van der Waals surface area contributed by atoms with Gasteiger partial charge in [0.05, 0.1) is 6.54 Å². The minimum Gasteiger partial charge on any atom is -0.491 e. The van der Waals surface area contributed by atoms with Crippen molar-refractivity contribution >= 4 is 17.5 Å². The molecule has 6 heteroatoms. The molecular formula is C20H24ClN3O2. The third-order valence-electron chi connectivity index (χ3n) is 4.61. The molecule has 0 bridgehead atoms. The van der Waals surface area contributed by atoms with E-state index in [-0.39, 0.29) is 18.0 Å². The van der Waals surface area contributed by atoms with E-state index < -0.39 is 0 Å². The molecule has 26 heavy (non-hydrogen) atoms. The van der Waals surface area contributed by atoms with Crippen molar-refractivity contribution in [2.75, 3.05) is 20.2 Å². The number of benzene rings is 2. The molecule has 0 aliphatic carbocycles. The number of halogens is 1. The fraction of sp³-hybridized carbons (Fsp3) is 0.350. The summed E-state index contributed by atoms with van der Waals surface area (Å²) in [5.74, 6) is 0.908. The van der Waals surface area contributed by atoms with E-state index in [9.17, 15) is 4.79 Å². The van der Waals surface area contributed by atoms with Gasteiger partial charge in [-0.1, -0.05) is 41.9 Å². The Kier molecular flexibility index (Phi) is 6.14. The van der Waals surface area contributed by atoms with Crippen molar-refractivity contribution in [3.63, 3.8) is 0 Å². The first-order valence-electron chi connectivity index (χ1n) is 8.74. The van der Waals surface area contributed by atoms with Gasteiger partial charge in [-0.3, -0.25) is 4.79 Å². The van der Waals surface area contributed by atoms with Crippen LogP contribution < -0.4 is 15.6 Å². The summed E-state index contributed by atoms with van der Waals surface area (Å²) < 4.78 is 5.78. The van der Waals surface area contributed by atoms with E-state index in [2.05, 4.69) is 10.9 Å². The first-order valence-corrected chi connectivity index (χ1v) is 9.12. The maximum absolute atomic E-state index is 12.6. The Labute approximate surface area is 159 Å². The van der Waals surface area contributed by atoms with Crippen molar-refractivity contribution in [3.8, 4) is 5.75 Å². The fourth-order valence-electron chi connectivity index (χ4n) is 3.05. The molecule has 5 nitrogen and oxygen atoms in total. The number of likely N-dealkylation sites (N-methyl/N-ethyl adjacent to an activating group) is 1. The molecule has 138 valence electrons. The second kappa shape index (κ2) is 8.54. The van der Waals surface area contributed by atoms with Gasteiger partial charge in [-0.2, -0.15) is 0 Å². The number of hydrogen-bond acceptors (Lipinski definition) is 4. The van der Waals surface area contributed by atoms with Gasteiger partial charge in [-0.15, -0.1) is 0 Å². The van der Waals surface area contributed by atoms with E-state index >= 15 is 0 Å². The number of rotatable bonds is 6. The van der Waals surface area contributed by atoms with Crippen molar-refractivity contribution < 1.29 is 9.53 Å². The van der Waals surface area contributed by atoms with Crippen molar-refractivity contribution in [2.45, 2.75) is 25.4 Å². The summed E-state index contributed by atoms with van der Waals surface area (Å²) in [6, 6.07) is 15.4. The molecule has 2 aromatic carbocycles. The lowest BCUT2D eigenvalue weighted by atomic mass is 10.0. The van der Waals surface area contributed by atoms with E-state index in [1.807, 2.05) is 55.5 Å². The first kappa shape index (κ1) is 18.7. The van der Waals surface area contributed by atoms with E-state index in [4.69, 9.17) is 16.3 Å². The highest BCUT2D eigenvalue weighted by Gasteiger charge is 2.31. The van der Waals surface area contributed by atoms with Crippen LogP contribution in [0.4, 0.5) is 0 Å². The molecule has 2 aromatic rings. The molecule has 3 rings (SSSR count). The van der Waals surface area contributed by atoms with Gasteiger partial charge in [0.2, 0.25) is 5.91 Å². The Morgan fingerprint density at radius 3 is 2.81 bits per heavy atom. The zero-order valence-electron chi connectivity index (χ0n) is 15.0. The summed E-state index contributed by atoms with van der Waals surface area (Å²) in [6.45, 7) is 3.01. The predicted molar refractivity (Wildman–Crippen MR) is 103 cm³/mol. The molecular weight excluding hydrogens is 350 g/mol. The second-order valence-corrected chi connectivity index (χ2v) is 6.99. The molecule has 1 heterocycles. The highest BCUT2D eigenvalue weighted by Crippen LogP contribution is 2.25. The lowest BCUT2D eigenvalue weighted by Gasteiger charge is -2.21. The number of nitrogens with zero attached hydrogens (tertiary/aromatic N) is 1. The van der Waals surface area contributed by atoms with Crippen LogP contribution in [0.3, 0.4) is 0 Å². The SMILES string of the molecule is Cc1ccccc1OCCN(C)C(=O)C1CC(c2cccc(Cl)c2)NN1. The maximum Gasteiger partial charge on any atom is 0.240 e. The quantitative estimate of drug-likeness (QED) is 0.817. The van der Waals surface area contributed by atoms with Crippen LogP contribution in [-0.4, -0.2) is 37.0 Å². The van der Waals surface area contributed by atoms with Gasteiger partial charge in [0.15, 0.2) is 0 Å². The van der Waals surface area contributed by atoms with Crippen LogP contribution in [0.1, 0.15) is 23.6 Å². The minimum atomic E-state index is -0.262. The van der Waals surface area contributed by atoms with Gasteiger partial charge in [0.25, 0.3) is 0 Å². The molecule has 2 atom stereocenters. The number of hydrazine groups is 1. The molecule has 2 unspecified atom stereocenters. The van der Waals surface area contributed by atoms with Gasteiger partial charge in [0, 0.05) is 18.1 Å². The normalized spacial score (nSPS) is 19.3. The van der Waals surface area contributed by atoms with Gasteiger partial charge in [-0.25, -0.2) is 10.9 Å². The summed E-state index contributed by atoms with van der Waals surface area (Å²) in [5, 5.41) is 0.699. The smallest absolute Gasteiger partial charge is 0.240 e. The topological polar surface area (TPSA) is 53.6 Å². The van der Waals surface area contributed by atoms with E-state index in [1.165, 1.54) is 0 Å². The minimum absolute atomic E-state index is 0.0513. The number of amides is 1. The number of para-hydroxylation sites is 1. The number of hydrogen-bond donors (Lipinski definition) is 2. The molecule has 1 fully saturated rings. The zero-order valence-corrected chi connectivity index (χ0v) is 15.8. The number of nitrogens with one attached hydrogen (secondary N) is 2. The molecule has 0 aromatic heterocycles. The summed E-state index contributed by atoms with van der Waals surface area (Å²) in [4.78, 5) is 14.3. The summed E-state index contributed by atoms with van der Waals surface area (Å²) in [7, 11) is 1.80. The zero-order chi connectivity index (χ0) is 18.5. The first-order chi connectivity index (χ1) is 12.5. The van der Waals surface area contributed by atoms with Crippen molar-refractivity contribution in [1.29, 1.82) is 0 Å². The number of carbonyl (C=O) groups excluding carboxylic acids is 1. The third kappa shape index (κ3) is 4.55. The number of carbonyl (C=O) groups is 1. The second-order valence-electron chi connectivity index (χ2n) is 6.56. The standard InChI is InChI=1S/C20H24ClN3O2/c1-14-6-3-4-9-19(14)26-11-10-24(2)20(25)18-13-17(22-23-18)15-7-5-8-16(21)12-15/h3-9,12,17-18,22-23H,10-11,13H2,1-2H3. The highest BCUT2D eigenvalue weighted by atomic mass is 35.5. The predicted octanol–water partition coefficient (Wildman–Crippen LogP) is 3.09. The molecule has 1 aliphatic rings. The largest absolute Gasteiger partial charge is 0.491 e. The molecule has 0 radical (unpaired) electrons. The number of aryl methyl sites for hydroxylation is 1. The number of ether oxygens (including phenoxy) is 1. The average molecular weight is 374 g/mol. The lowest BCUT2D eigenvalue weighted by Crippen LogP contribution is -2.45. The van der Waals surface area contributed by atoms with E-state index in [1.54, 1.807) is 11.9 Å². The lowest BCUT2D eigenvalue weighted by molar-refractivity contribution is -0.132. The van der Waals surface area contributed by atoms with Crippen LogP contribution in [0.25, 0.3) is 0 Å². The third-order valence-corrected chi connectivity index (χ3v) is 4.84. The Hall–Kier alpha value is -2.08. The van der Waals surface area contributed by atoms with E-state index in [0.717, 1.165) is 16.9 Å². The van der Waals surface area contributed by atoms with Gasteiger partial charge in [-0.05, 0) is 42.7 Å². The molecule has 1 saturated heterocycles. The average Bonchev–Trinajstić information content (AvgIpc) is 3.13. The van der Waals surface area contributed by atoms with Crippen LogP contribution in [0.15, 0.2) is 48.5 Å². The molecule has 1 aliphatic heterocycles. The van der Waals surface area contributed by atoms with Crippen molar-refractivity contribution in [3.05, 3.63) is 64.7 Å². The van der Waals surface area contributed by atoms with Crippen molar-refractivity contribution in [1.82, 2.24) is 15.8 Å². The molecule has 0 spiro atoms. The molecule has 1 amide bonds. The van der Waals surface area contributed by atoms with E-state index in [0.29, 0.717) is 24.6 Å². The summed E-state index contributed by atoms with van der Waals surface area (Å²) in [6.07, 6.45) is 0.683. The van der Waals surface area contributed by atoms with Gasteiger partial charge in [0.1, 0.15) is 18.4 Å². The Morgan fingerprint density at radius 1 is 1.23 bits per heavy atom.